The van der Waals surface area contributed by atoms with Crippen LogP contribution in [-0.4, -0.2) is 20.9 Å². The maximum absolute atomic E-state index is 12.1. The van der Waals surface area contributed by atoms with E-state index < -0.39 is 0 Å². The van der Waals surface area contributed by atoms with Crippen LogP contribution < -0.4 is 16.0 Å². The van der Waals surface area contributed by atoms with Gasteiger partial charge in [-0.05, 0) is 60.8 Å². The van der Waals surface area contributed by atoms with Gasteiger partial charge in [0.1, 0.15) is 23.3 Å². The Morgan fingerprint density at radius 2 is 1.68 bits per heavy atom. The molecule has 7 nitrogen and oxygen atoms in total. The van der Waals surface area contributed by atoms with Crippen molar-refractivity contribution in [2.24, 2.45) is 0 Å². The first kappa shape index (κ1) is 20.2. The average molecular weight is 429 g/mol. The van der Waals surface area contributed by atoms with Gasteiger partial charge in [-0.15, -0.1) is 11.3 Å². The van der Waals surface area contributed by atoms with E-state index in [-0.39, 0.29) is 5.91 Å². The van der Waals surface area contributed by atoms with E-state index >= 15 is 0 Å². The standard InChI is InChI=1S/C23H20N6OS/c1-16-25-21(15-22(26-16)29-20-6-2-3-13-24-20)27-17-7-9-18(10-8-17)28-23(30)12-11-19-5-4-14-31-19/h2-15H,1H3,(H,28,30)(H2,24,25,26,27,29)/b12-11+. The molecule has 0 bridgehead atoms. The number of aromatic nitrogens is 3. The van der Waals surface area contributed by atoms with Crippen LogP contribution in [0.4, 0.5) is 28.8 Å². The second kappa shape index (κ2) is 9.64. The highest BCUT2D eigenvalue weighted by molar-refractivity contribution is 7.10. The Balaban J connectivity index is 1.39. The Hall–Kier alpha value is -4.04. The molecule has 31 heavy (non-hydrogen) atoms. The molecule has 0 radical (unpaired) electrons. The highest BCUT2D eigenvalue weighted by Gasteiger charge is 2.05. The summed E-state index contributed by atoms with van der Waals surface area (Å²) in [6, 6.07) is 18.8. The highest BCUT2D eigenvalue weighted by Crippen LogP contribution is 2.21. The number of hydrogen-bond donors (Lipinski definition) is 3. The maximum Gasteiger partial charge on any atom is 0.248 e. The van der Waals surface area contributed by atoms with Crippen molar-refractivity contribution in [1.82, 2.24) is 15.0 Å². The summed E-state index contributed by atoms with van der Waals surface area (Å²) >= 11 is 1.58. The van der Waals surface area contributed by atoms with Crippen molar-refractivity contribution in [3.63, 3.8) is 0 Å². The zero-order valence-corrected chi connectivity index (χ0v) is 17.6. The monoisotopic (exact) mass is 428 g/mol. The van der Waals surface area contributed by atoms with Gasteiger partial charge in [0.25, 0.3) is 0 Å². The minimum absolute atomic E-state index is 0.175. The lowest BCUT2D eigenvalue weighted by molar-refractivity contribution is -0.111. The fourth-order valence-electron chi connectivity index (χ4n) is 2.78. The van der Waals surface area contributed by atoms with Gasteiger partial charge in [0.05, 0.1) is 0 Å². The summed E-state index contributed by atoms with van der Waals surface area (Å²) in [6.45, 7) is 1.83. The largest absolute Gasteiger partial charge is 0.340 e. The van der Waals surface area contributed by atoms with E-state index in [1.807, 2.05) is 73.0 Å². The lowest BCUT2D eigenvalue weighted by Gasteiger charge is -2.10. The van der Waals surface area contributed by atoms with Gasteiger partial charge in [-0.3, -0.25) is 4.79 Å². The van der Waals surface area contributed by atoms with E-state index in [1.165, 1.54) is 6.08 Å². The van der Waals surface area contributed by atoms with Gasteiger partial charge in [-0.2, -0.15) is 0 Å². The molecule has 0 aliphatic heterocycles. The first-order chi connectivity index (χ1) is 15.1. The fraction of sp³-hybridized carbons (Fsp3) is 0.0435. The van der Waals surface area contributed by atoms with Crippen molar-refractivity contribution in [3.05, 3.63) is 89.0 Å². The van der Waals surface area contributed by atoms with Crippen LogP contribution in [0.1, 0.15) is 10.7 Å². The van der Waals surface area contributed by atoms with Crippen LogP contribution in [0, 0.1) is 6.92 Å². The van der Waals surface area contributed by atoms with Gasteiger partial charge < -0.3 is 16.0 Å². The molecule has 4 aromatic rings. The highest BCUT2D eigenvalue weighted by atomic mass is 32.1. The molecular weight excluding hydrogens is 408 g/mol. The first-order valence-electron chi connectivity index (χ1n) is 9.57. The summed E-state index contributed by atoms with van der Waals surface area (Å²) in [6.07, 6.45) is 5.04. The number of benzene rings is 1. The third kappa shape index (κ3) is 5.97. The summed E-state index contributed by atoms with van der Waals surface area (Å²) in [5.74, 6) is 2.46. The number of nitrogens with one attached hydrogen (secondary N) is 3. The van der Waals surface area contributed by atoms with Crippen LogP contribution in [0.2, 0.25) is 0 Å². The number of anilines is 5. The third-order valence-corrected chi connectivity index (χ3v) is 4.96. The van der Waals surface area contributed by atoms with Crippen LogP contribution >= 0.6 is 11.3 Å². The number of carbonyl (C=O) groups is 1. The number of rotatable bonds is 7. The second-order valence-corrected chi connectivity index (χ2v) is 7.55. The van der Waals surface area contributed by atoms with E-state index in [1.54, 1.807) is 23.6 Å². The van der Waals surface area contributed by atoms with Crippen molar-refractivity contribution in [2.75, 3.05) is 16.0 Å². The number of aryl methyl sites for hydroxylation is 1. The topological polar surface area (TPSA) is 91.8 Å². The molecule has 0 spiro atoms. The molecule has 154 valence electrons. The predicted molar refractivity (Wildman–Crippen MR) is 126 cm³/mol. The Morgan fingerprint density at radius 3 is 2.39 bits per heavy atom. The van der Waals surface area contributed by atoms with Crippen molar-refractivity contribution in [2.45, 2.75) is 6.92 Å². The molecule has 4 rings (SSSR count). The Kier molecular flexibility index (Phi) is 6.29. The molecule has 0 aliphatic carbocycles. The van der Waals surface area contributed by atoms with Gasteiger partial charge >= 0.3 is 0 Å². The molecule has 0 saturated heterocycles. The normalized spacial score (nSPS) is 10.7. The van der Waals surface area contributed by atoms with Gasteiger partial charge in [0.2, 0.25) is 5.91 Å². The fourth-order valence-corrected chi connectivity index (χ4v) is 3.39. The molecule has 8 heteroatoms. The number of pyridine rings is 1. The summed E-state index contributed by atoms with van der Waals surface area (Å²) in [4.78, 5) is 26.2. The molecule has 1 amide bonds. The molecular formula is C23H20N6OS. The number of thiophene rings is 1. The smallest absolute Gasteiger partial charge is 0.248 e. The van der Waals surface area contributed by atoms with Crippen molar-refractivity contribution < 1.29 is 4.79 Å². The van der Waals surface area contributed by atoms with E-state index in [0.717, 1.165) is 10.6 Å². The van der Waals surface area contributed by atoms with Gasteiger partial charge in [-0.25, -0.2) is 15.0 Å². The van der Waals surface area contributed by atoms with E-state index in [9.17, 15) is 4.79 Å². The zero-order chi connectivity index (χ0) is 21.5. The van der Waals surface area contributed by atoms with Crippen LogP contribution in [0.3, 0.4) is 0 Å². The zero-order valence-electron chi connectivity index (χ0n) is 16.7. The lowest BCUT2D eigenvalue weighted by Crippen LogP contribution is -2.07. The second-order valence-electron chi connectivity index (χ2n) is 6.57. The average Bonchev–Trinajstić information content (AvgIpc) is 3.28. The Bertz CT molecular complexity index is 1170. The summed E-state index contributed by atoms with van der Waals surface area (Å²) in [7, 11) is 0. The molecule has 0 fully saturated rings. The van der Waals surface area contributed by atoms with Gasteiger partial charge in [-0.1, -0.05) is 12.1 Å². The van der Waals surface area contributed by atoms with Crippen molar-refractivity contribution in [3.8, 4) is 0 Å². The van der Waals surface area contributed by atoms with Crippen LogP contribution in [0.5, 0.6) is 0 Å². The molecule has 3 aromatic heterocycles. The van der Waals surface area contributed by atoms with Crippen LogP contribution in [0.25, 0.3) is 6.08 Å². The van der Waals surface area contributed by atoms with Crippen molar-refractivity contribution >= 4 is 52.1 Å². The third-order valence-electron chi connectivity index (χ3n) is 4.13. The number of hydrogen-bond acceptors (Lipinski definition) is 7. The molecule has 0 saturated carbocycles. The molecule has 0 atom stereocenters. The van der Waals surface area contributed by atoms with E-state index in [4.69, 9.17) is 0 Å². The first-order valence-corrected chi connectivity index (χ1v) is 10.5. The SMILES string of the molecule is Cc1nc(Nc2ccc(NC(=O)/C=C/c3cccs3)cc2)cc(Nc2ccccn2)n1. The lowest BCUT2D eigenvalue weighted by atomic mass is 10.2. The quantitative estimate of drug-likeness (QED) is 0.342. The Labute approximate surface area is 183 Å². The summed E-state index contributed by atoms with van der Waals surface area (Å²) in [5.41, 5.74) is 1.55. The summed E-state index contributed by atoms with van der Waals surface area (Å²) < 4.78 is 0. The molecule has 3 heterocycles. The number of amides is 1. The minimum Gasteiger partial charge on any atom is -0.340 e. The van der Waals surface area contributed by atoms with Gasteiger partial charge in [0.15, 0.2) is 0 Å². The molecule has 1 aromatic carbocycles. The molecule has 0 unspecified atom stereocenters. The minimum atomic E-state index is -0.175. The van der Waals surface area contributed by atoms with Crippen LogP contribution in [0.15, 0.2) is 78.3 Å². The van der Waals surface area contributed by atoms with Crippen molar-refractivity contribution in [1.29, 1.82) is 0 Å². The Morgan fingerprint density at radius 1 is 0.903 bits per heavy atom. The molecule has 3 N–H and O–H groups in total. The predicted octanol–water partition coefficient (Wildman–Crippen LogP) is 5.38. The van der Waals surface area contributed by atoms with E-state index in [0.29, 0.717) is 29.0 Å². The van der Waals surface area contributed by atoms with Gasteiger partial charge in [0, 0.05) is 34.6 Å². The number of carbonyl (C=O) groups excluding carboxylic acids is 1. The number of nitrogens with zero attached hydrogens (tertiary/aromatic N) is 3. The van der Waals surface area contributed by atoms with Crippen LogP contribution in [-0.2, 0) is 4.79 Å². The van der Waals surface area contributed by atoms with E-state index in [2.05, 4.69) is 30.9 Å². The summed E-state index contributed by atoms with van der Waals surface area (Å²) in [5, 5.41) is 11.2. The maximum atomic E-state index is 12.1. The molecule has 0 aliphatic rings.